The van der Waals surface area contributed by atoms with Crippen LogP contribution in [0.1, 0.15) is 22.8 Å². The molecular weight excluding hydrogens is 268 g/mol. The molecule has 1 heterocycles. The second-order valence-electron chi connectivity index (χ2n) is 4.34. The van der Waals surface area contributed by atoms with E-state index in [1.807, 2.05) is 19.1 Å². The first-order valence-corrected chi connectivity index (χ1v) is 6.72. The van der Waals surface area contributed by atoms with E-state index in [9.17, 15) is 4.79 Å². The van der Waals surface area contributed by atoms with Gasteiger partial charge in [0.2, 0.25) is 0 Å². The molecular formula is C16H18N2O3. The van der Waals surface area contributed by atoms with E-state index >= 15 is 0 Å². The summed E-state index contributed by atoms with van der Waals surface area (Å²) in [4.78, 5) is 16.1. The van der Waals surface area contributed by atoms with E-state index < -0.39 is 0 Å². The number of benzene rings is 1. The molecule has 0 aliphatic carbocycles. The van der Waals surface area contributed by atoms with E-state index in [1.165, 1.54) is 0 Å². The Bertz CT molecular complexity index is 600. The van der Waals surface area contributed by atoms with Crippen molar-refractivity contribution in [3.63, 3.8) is 0 Å². The van der Waals surface area contributed by atoms with Crippen molar-refractivity contribution in [3.8, 4) is 11.5 Å². The van der Waals surface area contributed by atoms with Gasteiger partial charge in [-0.2, -0.15) is 0 Å². The van der Waals surface area contributed by atoms with Crippen LogP contribution < -0.4 is 14.8 Å². The number of hydrogen-bond acceptors (Lipinski definition) is 4. The summed E-state index contributed by atoms with van der Waals surface area (Å²) >= 11 is 0. The van der Waals surface area contributed by atoms with Gasteiger partial charge in [0.1, 0.15) is 0 Å². The summed E-state index contributed by atoms with van der Waals surface area (Å²) in [7, 11) is 1.55. The lowest BCUT2D eigenvalue weighted by Gasteiger charge is -2.11. The molecule has 1 amide bonds. The highest BCUT2D eigenvalue weighted by molar-refractivity contribution is 5.94. The number of rotatable bonds is 6. The van der Waals surface area contributed by atoms with Crippen LogP contribution in [0.4, 0.5) is 0 Å². The number of carbonyl (C=O) groups is 1. The summed E-state index contributed by atoms with van der Waals surface area (Å²) in [5.41, 5.74) is 1.53. The van der Waals surface area contributed by atoms with Crippen LogP contribution in [-0.4, -0.2) is 24.6 Å². The van der Waals surface area contributed by atoms with Crippen molar-refractivity contribution < 1.29 is 14.3 Å². The number of nitrogens with one attached hydrogen (secondary N) is 1. The molecule has 0 spiro atoms. The molecule has 110 valence electrons. The number of amides is 1. The van der Waals surface area contributed by atoms with E-state index in [2.05, 4.69) is 10.3 Å². The molecule has 0 radical (unpaired) electrons. The molecule has 5 nitrogen and oxygen atoms in total. The highest BCUT2D eigenvalue weighted by Gasteiger charge is 2.10. The molecule has 2 aromatic rings. The summed E-state index contributed by atoms with van der Waals surface area (Å²) in [5.74, 6) is 1.02. The predicted molar refractivity (Wildman–Crippen MR) is 79.6 cm³/mol. The molecule has 0 saturated heterocycles. The molecule has 0 atom stereocenters. The van der Waals surface area contributed by atoms with Crippen molar-refractivity contribution in [2.75, 3.05) is 13.7 Å². The Balaban J connectivity index is 2.05. The third-order valence-corrected chi connectivity index (χ3v) is 2.93. The van der Waals surface area contributed by atoms with Crippen LogP contribution in [0.3, 0.4) is 0 Å². The molecule has 2 rings (SSSR count). The SMILES string of the molecule is CCOc1ccc(C(=O)NCc2ccncc2)cc1OC. The molecule has 1 N–H and O–H groups in total. The van der Waals surface area contributed by atoms with E-state index in [4.69, 9.17) is 9.47 Å². The summed E-state index contributed by atoms with van der Waals surface area (Å²) in [6.45, 7) is 2.90. The lowest BCUT2D eigenvalue weighted by Crippen LogP contribution is -2.22. The molecule has 0 saturated carbocycles. The zero-order valence-corrected chi connectivity index (χ0v) is 12.1. The molecule has 1 aromatic carbocycles. The fourth-order valence-electron chi connectivity index (χ4n) is 1.87. The summed E-state index contributed by atoms with van der Waals surface area (Å²) < 4.78 is 10.7. The minimum Gasteiger partial charge on any atom is -0.493 e. The van der Waals surface area contributed by atoms with Crippen molar-refractivity contribution >= 4 is 5.91 Å². The Morgan fingerprint density at radius 2 is 1.95 bits per heavy atom. The molecule has 0 bridgehead atoms. The lowest BCUT2D eigenvalue weighted by atomic mass is 10.2. The third-order valence-electron chi connectivity index (χ3n) is 2.93. The van der Waals surface area contributed by atoms with Crippen molar-refractivity contribution in [1.82, 2.24) is 10.3 Å². The van der Waals surface area contributed by atoms with Crippen LogP contribution in [0.25, 0.3) is 0 Å². The van der Waals surface area contributed by atoms with Crippen LogP contribution in [0, 0.1) is 0 Å². The highest BCUT2D eigenvalue weighted by atomic mass is 16.5. The van der Waals surface area contributed by atoms with Crippen LogP contribution in [0.15, 0.2) is 42.7 Å². The van der Waals surface area contributed by atoms with Crippen LogP contribution in [-0.2, 0) is 6.54 Å². The van der Waals surface area contributed by atoms with Crippen molar-refractivity contribution in [2.24, 2.45) is 0 Å². The van der Waals surface area contributed by atoms with Crippen molar-refractivity contribution in [3.05, 3.63) is 53.9 Å². The van der Waals surface area contributed by atoms with Gasteiger partial charge in [-0.3, -0.25) is 9.78 Å². The maximum Gasteiger partial charge on any atom is 0.251 e. The van der Waals surface area contributed by atoms with Crippen LogP contribution in [0.2, 0.25) is 0 Å². The average Bonchev–Trinajstić information content (AvgIpc) is 2.54. The fraction of sp³-hybridized carbons (Fsp3) is 0.250. The lowest BCUT2D eigenvalue weighted by molar-refractivity contribution is 0.0950. The maximum absolute atomic E-state index is 12.1. The van der Waals surface area contributed by atoms with Gasteiger partial charge >= 0.3 is 0 Å². The average molecular weight is 286 g/mol. The van der Waals surface area contributed by atoms with Gasteiger partial charge < -0.3 is 14.8 Å². The number of carbonyl (C=O) groups excluding carboxylic acids is 1. The quantitative estimate of drug-likeness (QED) is 0.886. The summed E-state index contributed by atoms with van der Waals surface area (Å²) in [5, 5.41) is 2.85. The predicted octanol–water partition coefficient (Wildman–Crippen LogP) is 2.42. The summed E-state index contributed by atoms with van der Waals surface area (Å²) in [6, 6.07) is 8.85. The Morgan fingerprint density at radius 3 is 2.62 bits per heavy atom. The number of hydrogen-bond donors (Lipinski definition) is 1. The monoisotopic (exact) mass is 286 g/mol. The number of methoxy groups -OCH3 is 1. The molecule has 1 aromatic heterocycles. The Hall–Kier alpha value is -2.56. The second kappa shape index (κ2) is 7.28. The molecule has 0 aliphatic rings. The summed E-state index contributed by atoms with van der Waals surface area (Å²) in [6.07, 6.45) is 3.39. The van der Waals surface area contributed by atoms with Gasteiger partial charge in [-0.15, -0.1) is 0 Å². The van der Waals surface area contributed by atoms with E-state index in [0.717, 1.165) is 5.56 Å². The van der Waals surface area contributed by atoms with Crippen molar-refractivity contribution in [2.45, 2.75) is 13.5 Å². The maximum atomic E-state index is 12.1. The molecule has 0 unspecified atom stereocenters. The molecule has 0 fully saturated rings. The zero-order chi connectivity index (χ0) is 15.1. The standard InChI is InChI=1S/C16H18N2O3/c1-3-21-14-5-4-13(10-15(14)20-2)16(19)18-11-12-6-8-17-9-7-12/h4-10H,3,11H2,1-2H3,(H,18,19). The second-order valence-corrected chi connectivity index (χ2v) is 4.34. The van der Waals surface area contributed by atoms with E-state index in [0.29, 0.717) is 30.2 Å². The fourth-order valence-corrected chi connectivity index (χ4v) is 1.87. The minimum absolute atomic E-state index is 0.159. The number of aromatic nitrogens is 1. The zero-order valence-electron chi connectivity index (χ0n) is 12.1. The van der Waals surface area contributed by atoms with E-state index in [1.54, 1.807) is 37.7 Å². The smallest absolute Gasteiger partial charge is 0.251 e. The number of pyridine rings is 1. The third kappa shape index (κ3) is 3.95. The van der Waals surface area contributed by atoms with Gasteiger partial charge in [0.15, 0.2) is 11.5 Å². The first-order valence-electron chi connectivity index (χ1n) is 6.72. The van der Waals surface area contributed by atoms with Gasteiger partial charge in [-0.1, -0.05) is 0 Å². The minimum atomic E-state index is -0.159. The molecule has 5 heteroatoms. The number of ether oxygens (including phenoxy) is 2. The Labute approximate surface area is 123 Å². The van der Waals surface area contributed by atoms with Crippen LogP contribution in [0.5, 0.6) is 11.5 Å². The van der Waals surface area contributed by atoms with Gasteiger partial charge in [-0.25, -0.2) is 0 Å². The number of nitrogens with zero attached hydrogens (tertiary/aromatic N) is 1. The Morgan fingerprint density at radius 1 is 1.19 bits per heavy atom. The van der Waals surface area contributed by atoms with Crippen LogP contribution >= 0.6 is 0 Å². The molecule has 0 aliphatic heterocycles. The normalized spacial score (nSPS) is 10.0. The van der Waals surface area contributed by atoms with Gasteiger partial charge in [0, 0.05) is 24.5 Å². The molecule has 21 heavy (non-hydrogen) atoms. The van der Waals surface area contributed by atoms with Crippen molar-refractivity contribution in [1.29, 1.82) is 0 Å². The van der Waals surface area contributed by atoms with Gasteiger partial charge in [0.25, 0.3) is 5.91 Å². The van der Waals surface area contributed by atoms with Gasteiger partial charge in [-0.05, 0) is 42.8 Å². The first-order chi connectivity index (χ1) is 10.2. The van der Waals surface area contributed by atoms with Gasteiger partial charge in [0.05, 0.1) is 13.7 Å². The topological polar surface area (TPSA) is 60.5 Å². The first kappa shape index (κ1) is 14.8. The van der Waals surface area contributed by atoms with E-state index in [-0.39, 0.29) is 5.91 Å². The Kier molecular flexibility index (Phi) is 5.15. The highest BCUT2D eigenvalue weighted by Crippen LogP contribution is 2.27. The largest absolute Gasteiger partial charge is 0.493 e.